The van der Waals surface area contributed by atoms with Crippen LogP contribution < -0.4 is 10.1 Å². The number of aromatic nitrogens is 1. The van der Waals surface area contributed by atoms with Crippen LogP contribution in [0.15, 0.2) is 18.5 Å². The van der Waals surface area contributed by atoms with Gasteiger partial charge in [0.1, 0.15) is 5.75 Å². The van der Waals surface area contributed by atoms with Crippen LogP contribution >= 0.6 is 0 Å². The zero-order valence-electron chi connectivity index (χ0n) is 12.7. The maximum absolute atomic E-state index is 5.81. The topological polar surface area (TPSA) is 43.4 Å². The van der Waals surface area contributed by atoms with Crippen molar-refractivity contribution < 1.29 is 9.47 Å². The molecule has 0 radical (unpaired) electrons. The quantitative estimate of drug-likeness (QED) is 0.785. The van der Waals surface area contributed by atoms with E-state index in [4.69, 9.17) is 9.47 Å². The molecule has 1 unspecified atom stereocenters. The summed E-state index contributed by atoms with van der Waals surface area (Å²) in [5, 5.41) is 3.36. The Balaban J connectivity index is 3.11. The minimum absolute atomic E-state index is 0.0976. The highest BCUT2D eigenvalue weighted by molar-refractivity contribution is 5.28. The van der Waals surface area contributed by atoms with Crippen LogP contribution in [-0.2, 0) is 4.74 Å². The number of hydrogen-bond acceptors (Lipinski definition) is 4. The van der Waals surface area contributed by atoms with E-state index in [2.05, 4.69) is 24.1 Å². The summed E-state index contributed by atoms with van der Waals surface area (Å²) in [6, 6.07) is 2.14. The summed E-state index contributed by atoms with van der Waals surface area (Å²) < 4.78 is 11.3. The number of nitrogens with zero attached hydrogens (tertiary/aromatic N) is 1. The Labute approximate surface area is 116 Å². The molecular weight excluding hydrogens is 240 g/mol. The third-order valence-corrected chi connectivity index (χ3v) is 3.80. The van der Waals surface area contributed by atoms with Gasteiger partial charge in [-0.1, -0.05) is 13.8 Å². The van der Waals surface area contributed by atoms with E-state index in [0.29, 0.717) is 6.61 Å². The van der Waals surface area contributed by atoms with E-state index in [-0.39, 0.29) is 11.6 Å². The molecule has 19 heavy (non-hydrogen) atoms. The average Bonchev–Trinajstić information content (AvgIpc) is 2.45. The van der Waals surface area contributed by atoms with Gasteiger partial charge in [0.25, 0.3) is 0 Å². The first-order valence-corrected chi connectivity index (χ1v) is 6.97. The van der Waals surface area contributed by atoms with Gasteiger partial charge >= 0.3 is 0 Å². The van der Waals surface area contributed by atoms with E-state index in [1.807, 2.05) is 26.2 Å². The van der Waals surface area contributed by atoms with Gasteiger partial charge in [0.15, 0.2) is 0 Å². The van der Waals surface area contributed by atoms with Crippen molar-refractivity contribution in [3.05, 3.63) is 24.0 Å². The van der Waals surface area contributed by atoms with Crippen LogP contribution in [0.3, 0.4) is 0 Å². The van der Waals surface area contributed by atoms with Crippen molar-refractivity contribution in [2.75, 3.05) is 20.8 Å². The molecule has 1 aromatic rings. The standard InChI is InChI=1S/C15H26N2O2/c1-6-15(7-2,18-5)14(16-4)12-9-13(19-8-3)11-17-10-12/h9-11,14,16H,6-8H2,1-5H3. The monoisotopic (exact) mass is 266 g/mol. The molecule has 4 heteroatoms. The van der Waals surface area contributed by atoms with Gasteiger partial charge in [0.05, 0.1) is 24.4 Å². The minimum atomic E-state index is -0.221. The highest BCUT2D eigenvalue weighted by Crippen LogP contribution is 2.35. The maximum atomic E-state index is 5.81. The molecule has 1 atom stereocenters. The zero-order chi connectivity index (χ0) is 14.3. The molecule has 0 fully saturated rings. The Morgan fingerprint density at radius 3 is 2.42 bits per heavy atom. The summed E-state index contributed by atoms with van der Waals surface area (Å²) in [6.07, 6.45) is 5.49. The molecule has 1 rings (SSSR count). The largest absolute Gasteiger partial charge is 0.492 e. The molecule has 1 aromatic heterocycles. The third-order valence-electron chi connectivity index (χ3n) is 3.80. The molecule has 108 valence electrons. The molecule has 1 heterocycles. The Kier molecular flexibility index (Phi) is 6.25. The molecule has 0 aliphatic heterocycles. The van der Waals surface area contributed by atoms with Gasteiger partial charge in [-0.2, -0.15) is 0 Å². The lowest BCUT2D eigenvalue weighted by Crippen LogP contribution is -2.43. The van der Waals surface area contributed by atoms with E-state index >= 15 is 0 Å². The van der Waals surface area contributed by atoms with Crippen LogP contribution in [-0.4, -0.2) is 31.3 Å². The molecular formula is C15H26N2O2. The molecule has 0 amide bonds. The summed E-state index contributed by atoms with van der Waals surface area (Å²) in [7, 11) is 3.73. The van der Waals surface area contributed by atoms with Gasteiger partial charge in [0.2, 0.25) is 0 Å². The Morgan fingerprint density at radius 2 is 1.95 bits per heavy atom. The second-order valence-corrected chi connectivity index (χ2v) is 4.58. The van der Waals surface area contributed by atoms with Crippen LogP contribution in [0.1, 0.15) is 45.2 Å². The van der Waals surface area contributed by atoms with Crippen molar-refractivity contribution in [1.82, 2.24) is 10.3 Å². The minimum Gasteiger partial charge on any atom is -0.492 e. The summed E-state index contributed by atoms with van der Waals surface area (Å²) in [6.45, 7) is 6.92. The first-order valence-electron chi connectivity index (χ1n) is 6.97. The second-order valence-electron chi connectivity index (χ2n) is 4.58. The summed E-state index contributed by atoms with van der Waals surface area (Å²) in [5.41, 5.74) is 0.875. The first kappa shape index (κ1) is 15.9. The fourth-order valence-electron chi connectivity index (χ4n) is 2.64. The van der Waals surface area contributed by atoms with Crippen molar-refractivity contribution in [1.29, 1.82) is 0 Å². The smallest absolute Gasteiger partial charge is 0.137 e. The number of nitrogens with one attached hydrogen (secondary N) is 1. The van der Waals surface area contributed by atoms with Gasteiger partial charge in [-0.25, -0.2) is 0 Å². The van der Waals surface area contributed by atoms with Crippen LogP contribution in [0.5, 0.6) is 5.75 Å². The van der Waals surface area contributed by atoms with Crippen molar-refractivity contribution in [2.45, 2.75) is 45.3 Å². The normalized spacial score (nSPS) is 13.3. The van der Waals surface area contributed by atoms with Crippen molar-refractivity contribution in [2.24, 2.45) is 0 Å². The van der Waals surface area contributed by atoms with Crippen LogP contribution in [0.2, 0.25) is 0 Å². The van der Waals surface area contributed by atoms with Gasteiger partial charge in [-0.15, -0.1) is 0 Å². The SMILES string of the molecule is CCOc1cncc(C(NC)C(CC)(CC)OC)c1. The Bertz CT molecular complexity index is 370. The van der Waals surface area contributed by atoms with Crippen LogP contribution in [0.4, 0.5) is 0 Å². The van der Waals surface area contributed by atoms with E-state index in [1.54, 1.807) is 13.3 Å². The number of pyridine rings is 1. The lowest BCUT2D eigenvalue weighted by Gasteiger charge is -2.38. The van der Waals surface area contributed by atoms with E-state index in [1.165, 1.54) is 0 Å². The highest BCUT2D eigenvalue weighted by Gasteiger charge is 2.36. The number of likely N-dealkylation sites (N-methyl/N-ethyl adjacent to an activating group) is 1. The van der Waals surface area contributed by atoms with Crippen molar-refractivity contribution in [3.8, 4) is 5.75 Å². The number of hydrogen-bond donors (Lipinski definition) is 1. The first-order chi connectivity index (χ1) is 9.17. The summed E-state index contributed by atoms with van der Waals surface area (Å²) in [4.78, 5) is 4.27. The molecule has 0 bridgehead atoms. The van der Waals surface area contributed by atoms with Gasteiger partial charge in [-0.3, -0.25) is 4.98 Å². The number of rotatable bonds is 8. The summed E-state index contributed by atoms with van der Waals surface area (Å²) in [5.74, 6) is 0.803. The zero-order valence-corrected chi connectivity index (χ0v) is 12.7. The van der Waals surface area contributed by atoms with Crippen molar-refractivity contribution >= 4 is 0 Å². The second kappa shape index (κ2) is 7.46. The Hall–Kier alpha value is -1.13. The van der Waals surface area contributed by atoms with Crippen molar-refractivity contribution in [3.63, 3.8) is 0 Å². The lowest BCUT2D eigenvalue weighted by atomic mass is 9.84. The highest BCUT2D eigenvalue weighted by atomic mass is 16.5. The van der Waals surface area contributed by atoms with Gasteiger partial charge in [0, 0.05) is 13.3 Å². The molecule has 0 aliphatic rings. The predicted molar refractivity (Wildman–Crippen MR) is 77.5 cm³/mol. The summed E-state index contributed by atoms with van der Waals surface area (Å²) >= 11 is 0. The Morgan fingerprint density at radius 1 is 1.26 bits per heavy atom. The predicted octanol–water partition coefficient (Wildman–Crippen LogP) is 2.95. The van der Waals surface area contributed by atoms with Crippen LogP contribution in [0, 0.1) is 0 Å². The van der Waals surface area contributed by atoms with E-state index < -0.39 is 0 Å². The fraction of sp³-hybridized carbons (Fsp3) is 0.667. The average molecular weight is 266 g/mol. The third kappa shape index (κ3) is 3.45. The number of methoxy groups -OCH3 is 1. The molecule has 1 N–H and O–H groups in total. The molecule has 0 aromatic carbocycles. The van der Waals surface area contributed by atoms with E-state index in [0.717, 1.165) is 24.2 Å². The number of ether oxygens (including phenoxy) is 2. The molecule has 0 spiro atoms. The molecule has 0 aliphatic carbocycles. The molecule has 4 nitrogen and oxygen atoms in total. The van der Waals surface area contributed by atoms with Crippen LogP contribution in [0.25, 0.3) is 0 Å². The molecule has 0 saturated carbocycles. The lowest BCUT2D eigenvalue weighted by molar-refractivity contribution is -0.0469. The van der Waals surface area contributed by atoms with Gasteiger partial charge in [-0.05, 0) is 38.4 Å². The molecule has 0 saturated heterocycles. The fourth-order valence-corrected chi connectivity index (χ4v) is 2.64. The van der Waals surface area contributed by atoms with E-state index in [9.17, 15) is 0 Å². The van der Waals surface area contributed by atoms with Gasteiger partial charge < -0.3 is 14.8 Å². The maximum Gasteiger partial charge on any atom is 0.137 e.